The van der Waals surface area contributed by atoms with Crippen molar-refractivity contribution in [2.24, 2.45) is 0 Å². The lowest BCUT2D eigenvalue weighted by Gasteiger charge is -2.40. The third kappa shape index (κ3) is 6.69. The molecule has 4 rings (SSSR count). The molecule has 2 aliphatic rings. The predicted octanol–water partition coefficient (Wildman–Crippen LogP) is 4.71. The van der Waals surface area contributed by atoms with E-state index in [2.05, 4.69) is 4.90 Å². The van der Waals surface area contributed by atoms with Crippen LogP contribution < -0.4 is 9.46 Å². The summed E-state index contributed by atoms with van der Waals surface area (Å²) in [5.74, 6) is -3.18. The normalized spacial score (nSPS) is 18.3. The van der Waals surface area contributed by atoms with Crippen LogP contribution in [0.1, 0.15) is 28.8 Å². The van der Waals surface area contributed by atoms with Gasteiger partial charge in [-0.15, -0.1) is 0 Å². The first-order valence-electron chi connectivity index (χ1n) is 11.4. The Kier molecular flexibility index (Phi) is 8.46. The number of carbonyl (C=O) groups excluding carboxylic acids is 1. The lowest BCUT2D eigenvalue weighted by Crippen LogP contribution is -2.53. The number of benzene rings is 2. The van der Waals surface area contributed by atoms with Crippen molar-refractivity contribution in [2.75, 3.05) is 33.2 Å². The molecule has 1 amide bonds. The van der Waals surface area contributed by atoms with Gasteiger partial charge in [-0.25, -0.2) is 9.11 Å². The maximum atomic E-state index is 14.7. The smallest absolute Gasteiger partial charge is 0.417 e. The molecule has 2 fully saturated rings. The highest BCUT2D eigenvalue weighted by Crippen LogP contribution is 2.39. The molecular formula is C23H23Cl2F4N3O5S. The summed E-state index contributed by atoms with van der Waals surface area (Å²) >= 11 is 11.6. The van der Waals surface area contributed by atoms with Gasteiger partial charge in [0.15, 0.2) is 0 Å². The molecule has 0 radical (unpaired) electrons. The predicted molar refractivity (Wildman–Crippen MR) is 131 cm³/mol. The Hall–Kier alpha value is -2.16. The van der Waals surface area contributed by atoms with Crippen LogP contribution in [0.15, 0.2) is 30.3 Å². The zero-order chi connectivity index (χ0) is 27.8. The summed E-state index contributed by atoms with van der Waals surface area (Å²) in [6.07, 6.45) is -3.83. The van der Waals surface area contributed by atoms with Gasteiger partial charge in [-0.2, -0.15) is 25.9 Å². The highest BCUT2D eigenvalue weighted by molar-refractivity contribution is 7.87. The van der Waals surface area contributed by atoms with Crippen LogP contribution >= 0.6 is 23.2 Å². The quantitative estimate of drug-likeness (QED) is 0.464. The van der Waals surface area contributed by atoms with Gasteiger partial charge in [0.05, 0.1) is 33.4 Å². The molecule has 0 saturated carbocycles. The summed E-state index contributed by atoms with van der Waals surface area (Å²) in [4.78, 5) is 14.7. The van der Waals surface area contributed by atoms with E-state index in [1.54, 1.807) is 0 Å². The van der Waals surface area contributed by atoms with E-state index in [4.69, 9.17) is 32.7 Å². The number of likely N-dealkylation sites (N-methyl/N-ethyl adjacent to an activating group) is 1. The van der Waals surface area contributed by atoms with Crippen LogP contribution in [0.2, 0.25) is 10.0 Å². The number of hydrogen-bond donors (Lipinski definition) is 1. The number of likely N-dealkylation sites (tertiary alicyclic amines) is 1. The van der Waals surface area contributed by atoms with Gasteiger partial charge < -0.3 is 14.4 Å². The van der Waals surface area contributed by atoms with Crippen LogP contribution in [0, 0.1) is 5.82 Å². The summed E-state index contributed by atoms with van der Waals surface area (Å²) in [5, 5.41) is -0.893. The zero-order valence-electron chi connectivity index (χ0n) is 19.9. The van der Waals surface area contributed by atoms with Gasteiger partial charge >= 0.3 is 16.4 Å². The average Bonchev–Trinajstić information content (AvgIpc) is 2.80. The minimum absolute atomic E-state index is 0.0903. The topological polar surface area (TPSA) is 88.2 Å². The Labute approximate surface area is 226 Å². The molecule has 2 heterocycles. The molecule has 0 spiro atoms. The number of ether oxygens (including phenoxy) is 2. The van der Waals surface area contributed by atoms with Crippen LogP contribution in [0.25, 0.3) is 0 Å². The van der Waals surface area contributed by atoms with E-state index < -0.39 is 50.0 Å². The Bertz CT molecular complexity index is 1310. The monoisotopic (exact) mass is 599 g/mol. The molecule has 0 aliphatic carbocycles. The Morgan fingerprint density at radius 1 is 1.05 bits per heavy atom. The number of piperidine rings is 1. The summed E-state index contributed by atoms with van der Waals surface area (Å²) in [7, 11) is -2.31. The van der Waals surface area contributed by atoms with Crippen LogP contribution in [0.4, 0.5) is 17.6 Å². The molecule has 1 N–H and O–H groups in total. The minimum atomic E-state index is -4.76. The number of rotatable bonds is 7. The first-order valence-corrected chi connectivity index (χ1v) is 13.6. The van der Waals surface area contributed by atoms with Gasteiger partial charge in [-0.3, -0.25) is 4.79 Å². The van der Waals surface area contributed by atoms with Gasteiger partial charge in [0.25, 0.3) is 5.91 Å². The number of halogens is 6. The standard InChI is InChI=1S/C23H23Cl2F4N3O5S/c1-31-11-15(12-31)36-13-4-6-32(7-5-13)38(34,35)30-22(33)16-9-19(25)21(10-20(16)26)37-14-2-3-18(24)17(8-14)23(27,28)29/h2-3,8-10,13,15H,4-7,11-12H2,1H3,(H,30,33). The highest BCUT2D eigenvalue weighted by atomic mass is 35.5. The summed E-state index contributed by atoms with van der Waals surface area (Å²) < 4.78 is 93.5. The van der Waals surface area contributed by atoms with Crippen LogP contribution in [-0.2, 0) is 21.1 Å². The van der Waals surface area contributed by atoms with Crippen molar-refractivity contribution in [1.82, 2.24) is 13.9 Å². The fraction of sp³-hybridized carbons (Fsp3) is 0.435. The van der Waals surface area contributed by atoms with Crippen molar-refractivity contribution in [3.63, 3.8) is 0 Å². The molecule has 208 valence electrons. The molecule has 8 nitrogen and oxygen atoms in total. The van der Waals surface area contributed by atoms with E-state index in [1.165, 1.54) is 0 Å². The molecule has 15 heteroatoms. The highest BCUT2D eigenvalue weighted by Gasteiger charge is 2.35. The van der Waals surface area contributed by atoms with E-state index in [9.17, 15) is 30.8 Å². The maximum Gasteiger partial charge on any atom is 0.417 e. The average molecular weight is 600 g/mol. The summed E-state index contributed by atoms with van der Waals surface area (Å²) in [6.45, 7) is 1.88. The number of nitrogens with one attached hydrogen (secondary N) is 1. The first-order chi connectivity index (χ1) is 17.7. The van der Waals surface area contributed by atoms with Crippen molar-refractivity contribution in [2.45, 2.75) is 31.2 Å². The van der Waals surface area contributed by atoms with Crippen molar-refractivity contribution >= 4 is 39.3 Å². The largest absolute Gasteiger partial charge is 0.456 e. The van der Waals surface area contributed by atoms with Gasteiger partial charge in [-0.1, -0.05) is 23.2 Å². The summed E-state index contributed by atoms with van der Waals surface area (Å²) in [6, 6.07) is 4.19. The molecule has 0 atom stereocenters. The molecule has 38 heavy (non-hydrogen) atoms. The Morgan fingerprint density at radius 3 is 2.32 bits per heavy atom. The van der Waals surface area contributed by atoms with E-state index in [0.717, 1.165) is 35.6 Å². The maximum absolute atomic E-state index is 14.7. The lowest BCUT2D eigenvalue weighted by atomic mass is 10.1. The molecule has 0 aromatic heterocycles. The SMILES string of the molecule is CN1CC(OC2CCN(S(=O)(=O)NC(=O)c3cc(Cl)c(Oc4ccc(Cl)c(C(F)(F)F)c4)cc3F)CC2)C1. The number of hydrogen-bond acceptors (Lipinski definition) is 6. The lowest BCUT2D eigenvalue weighted by molar-refractivity contribution is -0.137. The third-order valence-electron chi connectivity index (χ3n) is 6.12. The molecule has 2 aromatic carbocycles. The van der Waals surface area contributed by atoms with Gasteiger partial charge in [0.2, 0.25) is 0 Å². The number of alkyl halides is 3. The van der Waals surface area contributed by atoms with Crippen LogP contribution in [0.3, 0.4) is 0 Å². The van der Waals surface area contributed by atoms with E-state index in [1.807, 2.05) is 11.8 Å². The van der Waals surface area contributed by atoms with E-state index in [0.29, 0.717) is 25.0 Å². The summed E-state index contributed by atoms with van der Waals surface area (Å²) in [5.41, 5.74) is -1.86. The van der Waals surface area contributed by atoms with Crippen molar-refractivity contribution in [3.05, 3.63) is 57.3 Å². The Balaban J connectivity index is 1.40. The fourth-order valence-electron chi connectivity index (χ4n) is 4.14. The van der Waals surface area contributed by atoms with Crippen LogP contribution in [-0.4, -0.2) is 69.0 Å². The fourth-order valence-corrected chi connectivity index (χ4v) is 5.73. The second-order valence-corrected chi connectivity index (χ2v) is 11.5. The minimum Gasteiger partial charge on any atom is -0.456 e. The van der Waals surface area contributed by atoms with Crippen molar-refractivity contribution < 1.29 is 40.2 Å². The number of carbonyl (C=O) groups is 1. The molecule has 2 aromatic rings. The van der Waals surface area contributed by atoms with Crippen LogP contribution in [0.5, 0.6) is 11.5 Å². The number of nitrogens with zero attached hydrogens (tertiary/aromatic N) is 2. The second-order valence-electron chi connectivity index (χ2n) is 9.02. The molecular weight excluding hydrogens is 577 g/mol. The molecule has 0 bridgehead atoms. The third-order valence-corrected chi connectivity index (χ3v) is 8.23. The van der Waals surface area contributed by atoms with E-state index in [-0.39, 0.29) is 36.1 Å². The second kappa shape index (κ2) is 11.1. The van der Waals surface area contributed by atoms with Crippen molar-refractivity contribution in [1.29, 1.82) is 0 Å². The zero-order valence-corrected chi connectivity index (χ0v) is 22.2. The van der Waals surface area contributed by atoms with Crippen molar-refractivity contribution in [3.8, 4) is 11.5 Å². The van der Waals surface area contributed by atoms with Gasteiger partial charge in [0.1, 0.15) is 17.3 Å². The number of amides is 1. The van der Waals surface area contributed by atoms with Gasteiger partial charge in [0, 0.05) is 32.2 Å². The molecule has 0 unspecified atom stereocenters. The molecule has 2 saturated heterocycles. The van der Waals surface area contributed by atoms with E-state index >= 15 is 0 Å². The Morgan fingerprint density at radius 2 is 1.71 bits per heavy atom. The molecule has 2 aliphatic heterocycles. The van der Waals surface area contributed by atoms with Gasteiger partial charge in [-0.05, 0) is 44.2 Å². The first kappa shape index (κ1) is 28.8.